The number of hydrogen-bond acceptors (Lipinski definition) is 5. The standard InChI is InChI=1S/C8H12N4O/c1-5(2)4-13-7-3-6(9)11-8(10)12-7/h3H,1,4H2,2H3,(H4,9,10,11,12). The van der Waals surface area contributed by atoms with Gasteiger partial charge in [-0.3, -0.25) is 0 Å². The summed E-state index contributed by atoms with van der Waals surface area (Å²) < 4.78 is 5.22. The lowest BCUT2D eigenvalue weighted by Crippen LogP contribution is -2.04. The Hall–Kier alpha value is -1.78. The van der Waals surface area contributed by atoms with Crippen LogP contribution in [0, 0.1) is 0 Å². The molecule has 0 bridgehead atoms. The van der Waals surface area contributed by atoms with Crippen molar-refractivity contribution in [3.8, 4) is 5.88 Å². The van der Waals surface area contributed by atoms with Gasteiger partial charge in [-0.1, -0.05) is 6.58 Å². The van der Waals surface area contributed by atoms with Crippen molar-refractivity contribution in [1.29, 1.82) is 0 Å². The number of anilines is 2. The molecule has 0 saturated carbocycles. The number of rotatable bonds is 3. The number of hydrogen-bond donors (Lipinski definition) is 2. The summed E-state index contributed by atoms with van der Waals surface area (Å²) in [6, 6.07) is 1.51. The van der Waals surface area contributed by atoms with Crippen molar-refractivity contribution in [3.63, 3.8) is 0 Å². The quantitative estimate of drug-likeness (QED) is 0.665. The average molecular weight is 180 g/mol. The van der Waals surface area contributed by atoms with Crippen LogP contribution in [-0.2, 0) is 0 Å². The minimum absolute atomic E-state index is 0.108. The van der Waals surface area contributed by atoms with E-state index in [1.54, 1.807) is 0 Å². The van der Waals surface area contributed by atoms with E-state index in [0.717, 1.165) is 5.57 Å². The average Bonchev–Trinajstić information content (AvgIpc) is 1.99. The zero-order valence-electron chi connectivity index (χ0n) is 7.45. The van der Waals surface area contributed by atoms with Gasteiger partial charge in [-0.15, -0.1) is 0 Å². The van der Waals surface area contributed by atoms with Crippen molar-refractivity contribution in [2.45, 2.75) is 6.92 Å². The second kappa shape index (κ2) is 3.75. The molecule has 5 heteroatoms. The maximum atomic E-state index is 5.43. The zero-order chi connectivity index (χ0) is 9.84. The Kier molecular flexibility index (Phi) is 2.69. The first-order chi connectivity index (χ1) is 6.08. The molecular formula is C8H12N4O. The highest BCUT2D eigenvalue weighted by molar-refractivity contribution is 5.38. The SMILES string of the molecule is C=C(C)COc1cc(N)nc(N)n1. The van der Waals surface area contributed by atoms with Crippen LogP contribution in [0.5, 0.6) is 5.88 Å². The van der Waals surface area contributed by atoms with Gasteiger partial charge in [0.05, 0.1) is 0 Å². The van der Waals surface area contributed by atoms with Crippen molar-refractivity contribution in [2.24, 2.45) is 0 Å². The lowest BCUT2D eigenvalue weighted by molar-refractivity contribution is 0.339. The first kappa shape index (κ1) is 9.31. The van der Waals surface area contributed by atoms with Gasteiger partial charge in [-0.05, 0) is 12.5 Å². The van der Waals surface area contributed by atoms with E-state index in [1.165, 1.54) is 6.07 Å². The Labute approximate surface area is 76.4 Å². The fourth-order valence-electron chi connectivity index (χ4n) is 0.732. The number of aromatic nitrogens is 2. The summed E-state index contributed by atoms with van der Waals surface area (Å²) in [5.74, 6) is 0.772. The van der Waals surface area contributed by atoms with Gasteiger partial charge in [0.15, 0.2) is 0 Å². The van der Waals surface area contributed by atoms with Crippen LogP contribution >= 0.6 is 0 Å². The number of nitrogens with two attached hydrogens (primary N) is 2. The van der Waals surface area contributed by atoms with Gasteiger partial charge >= 0.3 is 0 Å². The van der Waals surface area contributed by atoms with Crippen LogP contribution in [0.4, 0.5) is 11.8 Å². The molecule has 13 heavy (non-hydrogen) atoms. The van der Waals surface area contributed by atoms with Crippen molar-refractivity contribution in [1.82, 2.24) is 9.97 Å². The molecule has 0 saturated heterocycles. The van der Waals surface area contributed by atoms with E-state index in [-0.39, 0.29) is 5.95 Å². The van der Waals surface area contributed by atoms with Gasteiger partial charge in [0.1, 0.15) is 12.4 Å². The molecule has 5 nitrogen and oxygen atoms in total. The van der Waals surface area contributed by atoms with E-state index in [9.17, 15) is 0 Å². The molecule has 1 aromatic rings. The van der Waals surface area contributed by atoms with E-state index >= 15 is 0 Å². The number of nitrogens with zero attached hydrogens (tertiary/aromatic N) is 2. The Morgan fingerprint density at radius 3 is 2.77 bits per heavy atom. The van der Waals surface area contributed by atoms with E-state index in [4.69, 9.17) is 16.2 Å². The maximum absolute atomic E-state index is 5.43. The van der Waals surface area contributed by atoms with Crippen molar-refractivity contribution >= 4 is 11.8 Å². The van der Waals surface area contributed by atoms with Gasteiger partial charge in [-0.2, -0.15) is 9.97 Å². The topological polar surface area (TPSA) is 87.0 Å². The van der Waals surface area contributed by atoms with Crippen LogP contribution in [-0.4, -0.2) is 16.6 Å². The van der Waals surface area contributed by atoms with Gasteiger partial charge in [0.2, 0.25) is 11.8 Å². The molecule has 1 rings (SSSR count). The largest absolute Gasteiger partial charge is 0.473 e. The fourth-order valence-corrected chi connectivity index (χ4v) is 0.732. The van der Waals surface area contributed by atoms with E-state index in [2.05, 4.69) is 16.5 Å². The van der Waals surface area contributed by atoms with E-state index < -0.39 is 0 Å². The fraction of sp³-hybridized carbons (Fsp3) is 0.250. The maximum Gasteiger partial charge on any atom is 0.225 e. The molecule has 0 atom stereocenters. The Balaban J connectivity index is 2.71. The Morgan fingerprint density at radius 1 is 1.54 bits per heavy atom. The van der Waals surface area contributed by atoms with Crippen molar-refractivity contribution < 1.29 is 4.74 Å². The molecule has 0 unspecified atom stereocenters. The monoisotopic (exact) mass is 180 g/mol. The molecule has 0 aliphatic heterocycles. The molecule has 4 N–H and O–H groups in total. The van der Waals surface area contributed by atoms with E-state index in [1.807, 2.05) is 6.92 Å². The first-order valence-corrected chi connectivity index (χ1v) is 3.75. The second-order valence-corrected chi connectivity index (χ2v) is 2.74. The van der Waals surface area contributed by atoms with Crippen LogP contribution in [0.2, 0.25) is 0 Å². The normalized spacial score (nSPS) is 9.62. The summed E-state index contributed by atoms with van der Waals surface area (Å²) in [5, 5.41) is 0. The highest BCUT2D eigenvalue weighted by Gasteiger charge is 1.99. The van der Waals surface area contributed by atoms with Crippen LogP contribution in [0.15, 0.2) is 18.2 Å². The lowest BCUT2D eigenvalue weighted by atomic mass is 10.4. The molecule has 0 aliphatic carbocycles. The molecule has 0 aliphatic rings. The highest BCUT2D eigenvalue weighted by Crippen LogP contribution is 2.12. The molecule has 0 radical (unpaired) electrons. The van der Waals surface area contributed by atoms with Crippen molar-refractivity contribution in [2.75, 3.05) is 18.1 Å². The Morgan fingerprint density at radius 2 is 2.23 bits per heavy atom. The highest BCUT2D eigenvalue weighted by atomic mass is 16.5. The predicted octanol–water partition coefficient (Wildman–Crippen LogP) is 0.596. The van der Waals surface area contributed by atoms with Crippen LogP contribution < -0.4 is 16.2 Å². The summed E-state index contributed by atoms with van der Waals surface area (Å²) in [7, 11) is 0. The zero-order valence-corrected chi connectivity index (χ0v) is 7.45. The van der Waals surface area contributed by atoms with Crippen LogP contribution in [0.1, 0.15) is 6.92 Å². The van der Waals surface area contributed by atoms with E-state index in [0.29, 0.717) is 18.3 Å². The third-order valence-electron chi connectivity index (χ3n) is 1.21. The van der Waals surface area contributed by atoms with Gasteiger partial charge in [-0.25, -0.2) is 0 Å². The third-order valence-corrected chi connectivity index (χ3v) is 1.21. The van der Waals surface area contributed by atoms with Crippen LogP contribution in [0.25, 0.3) is 0 Å². The second-order valence-electron chi connectivity index (χ2n) is 2.74. The molecular weight excluding hydrogens is 168 g/mol. The minimum Gasteiger partial charge on any atom is -0.473 e. The molecule has 0 spiro atoms. The van der Waals surface area contributed by atoms with Crippen LogP contribution in [0.3, 0.4) is 0 Å². The van der Waals surface area contributed by atoms with Gasteiger partial charge in [0, 0.05) is 6.07 Å². The smallest absolute Gasteiger partial charge is 0.225 e. The third kappa shape index (κ3) is 2.98. The number of nitrogen functional groups attached to an aromatic ring is 2. The molecule has 1 aromatic heterocycles. The van der Waals surface area contributed by atoms with Gasteiger partial charge < -0.3 is 16.2 Å². The lowest BCUT2D eigenvalue weighted by Gasteiger charge is -2.05. The molecule has 0 fully saturated rings. The van der Waals surface area contributed by atoms with Gasteiger partial charge in [0.25, 0.3) is 0 Å². The first-order valence-electron chi connectivity index (χ1n) is 3.75. The molecule has 1 heterocycles. The molecule has 70 valence electrons. The summed E-state index contributed by atoms with van der Waals surface area (Å²) in [6.07, 6.45) is 0. The molecule has 0 amide bonds. The summed E-state index contributed by atoms with van der Waals surface area (Å²) >= 11 is 0. The summed E-state index contributed by atoms with van der Waals surface area (Å²) in [4.78, 5) is 7.53. The summed E-state index contributed by atoms with van der Waals surface area (Å²) in [6.45, 7) is 5.94. The summed E-state index contributed by atoms with van der Waals surface area (Å²) in [5.41, 5.74) is 11.7. The molecule has 0 aromatic carbocycles. The Bertz CT molecular complexity index is 304. The van der Waals surface area contributed by atoms with Crippen molar-refractivity contribution in [3.05, 3.63) is 18.2 Å². The predicted molar refractivity (Wildman–Crippen MR) is 51.2 cm³/mol. The minimum atomic E-state index is 0.108. The number of ether oxygens (including phenoxy) is 1.